The maximum atomic E-state index is 11.2. The molecule has 12 heavy (non-hydrogen) atoms. The normalized spacial score (nSPS) is 26.7. The summed E-state index contributed by atoms with van der Waals surface area (Å²) in [6.07, 6.45) is 2.28. The van der Waals surface area contributed by atoms with Crippen LogP contribution in [0.3, 0.4) is 0 Å². The van der Waals surface area contributed by atoms with Crippen LogP contribution in [-0.4, -0.2) is 37.2 Å². The molecule has 2 rings (SSSR count). The van der Waals surface area contributed by atoms with Crippen LogP contribution < -0.4 is 0 Å². The molecule has 0 N–H and O–H groups in total. The molecule has 0 aromatic heterocycles. The molecule has 0 aromatic rings. The summed E-state index contributed by atoms with van der Waals surface area (Å²) in [7, 11) is 0. The van der Waals surface area contributed by atoms with E-state index in [0.717, 1.165) is 13.0 Å². The van der Waals surface area contributed by atoms with Gasteiger partial charge in [-0.05, 0) is 6.42 Å². The molecular weight excluding hydrogens is 158 g/mol. The predicted molar refractivity (Wildman–Crippen MR) is 41.0 cm³/mol. The van der Waals surface area contributed by atoms with Gasteiger partial charge in [0.25, 0.3) is 0 Å². The molecular formula is C8H12NO3. The molecule has 1 amide bonds. The SMILES string of the molecule is O=C1CCCN1[C]1COCCO1. The minimum absolute atomic E-state index is 0.163. The largest absolute Gasteiger partial charge is 0.374 e. The van der Waals surface area contributed by atoms with Gasteiger partial charge in [0.15, 0.2) is 0 Å². The summed E-state index contributed by atoms with van der Waals surface area (Å²) >= 11 is 0. The van der Waals surface area contributed by atoms with Gasteiger partial charge in [0.1, 0.15) is 0 Å². The van der Waals surface area contributed by atoms with E-state index < -0.39 is 0 Å². The minimum Gasteiger partial charge on any atom is -0.374 e. The van der Waals surface area contributed by atoms with Gasteiger partial charge in [0.05, 0.1) is 19.8 Å². The van der Waals surface area contributed by atoms with Crippen LogP contribution >= 0.6 is 0 Å². The number of carbonyl (C=O) groups excluding carboxylic acids is 1. The van der Waals surface area contributed by atoms with Crippen molar-refractivity contribution in [2.24, 2.45) is 0 Å². The maximum absolute atomic E-state index is 11.2. The Balaban J connectivity index is 1.93. The van der Waals surface area contributed by atoms with Gasteiger partial charge < -0.3 is 14.4 Å². The number of hydrogen-bond acceptors (Lipinski definition) is 3. The van der Waals surface area contributed by atoms with E-state index >= 15 is 0 Å². The van der Waals surface area contributed by atoms with Crippen molar-refractivity contribution in [1.29, 1.82) is 0 Å². The second-order valence-electron chi connectivity index (χ2n) is 2.94. The Hall–Kier alpha value is -0.610. The lowest BCUT2D eigenvalue weighted by molar-refractivity contribution is -0.139. The highest BCUT2D eigenvalue weighted by molar-refractivity contribution is 5.79. The zero-order valence-electron chi connectivity index (χ0n) is 6.91. The molecule has 0 aliphatic carbocycles. The van der Waals surface area contributed by atoms with Gasteiger partial charge in [0.2, 0.25) is 12.1 Å². The third-order valence-corrected chi connectivity index (χ3v) is 2.10. The fraction of sp³-hybridized carbons (Fsp3) is 0.750. The highest BCUT2D eigenvalue weighted by atomic mass is 16.6. The van der Waals surface area contributed by atoms with E-state index in [1.54, 1.807) is 4.90 Å². The molecule has 0 saturated carbocycles. The van der Waals surface area contributed by atoms with E-state index in [1.807, 2.05) is 0 Å². The Morgan fingerprint density at radius 3 is 2.83 bits per heavy atom. The number of hydrogen-bond donors (Lipinski definition) is 0. The van der Waals surface area contributed by atoms with Gasteiger partial charge in [0, 0.05) is 13.0 Å². The summed E-state index contributed by atoms with van der Waals surface area (Å²) in [6, 6.07) is 0. The molecule has 4 nitrogen and oxygen atoms in total. The van der Waals surface area contributed by atoms with Crippen LogP contribution in [0.15, 0.2) is 0 Å². The average Bonchev–Trinajstić information content (AvgIpc) is 2.53. The van der Waals surface area contributed by atoms with Crippen LogP contribution in [0.2, 0.25) is 0 Å². The molecule has 2 heterocycles. The Bertz CT molecular complexity index is 177. The first-order valence-electron chi connectivity index (χ1n) is 4.24. The van der Waals surface area contributed by atoms with Gasteiger partial charge >= 0.3 is 0 Å². The number of amides is 1. The maximum Gasteiger partial charge on any atom is 0.225 e. The van der Waals surface area contributed by atoms with Crippen molar-refractivity contribution in [3.05, 3.63) is 6.23 Å². The first-order valence-corrected chi connectivity index (χ1v) is 4.24. The van der Waals surface area contributed by atoms with Gasteiger partial charge in [-0.2, -0.15) is 0 Å². The van der Waals surface area contributed by atoms with Crippen molar-refractivity contribution in [1.82, 2.24) is 4.90 Å². The minimum atomic E-state index is 0.163. The van der Waals surface area contributed by atoms with E-state index in [2.05, 4.69) is 0 Å². The fourth-order valence-electron chi connectivity index (χ4n) is 1.49. The summed E-state index contributed by atoms with van der Waals surface area (Å²) in [5.74, 6) is 0.163. The molecule has 67 valence electrons. The molecule has 1 radical (unpaired) electrons. The van der Waals surface area contributed by atoms with Gasteiger partial charge in [-0.1, -0.05) is 0 Å². The first kappa shape index (κ1) is 8.01. The van der Waals surface area contributed by atoms with Crippen LogP contribution in [0.5, 0.6) is 0 Å². The number of nitrogens with zero attached hydrogens (tertiary/aromatic N) is 1. The number of ether oxygens (including phenoxy) is 2. The third kappa shape index (κ3) is 1.44. The standard InChI is InChI=1S/C8H12NO3/c10-7-2-1-3-9(7)8-6-11-4-5-12-8/h1-6H2. The zero-order valence-corrected chi connectivity index (χ0v) is 6.91. The van der Waals surface area contributed by atoms with E-state index in [9.17, 15) is 4.79 Å². The molecule has 0 unspecified atom stereocenters. The smallest absolute Gasteiger partial charge is 0.225 e. The van der Waals surface area contributed by atoms with Gasteiger partial charge in [-0.15, -0.1) is 0 Å². The molecule has 2 fully saturated rings. The number of carbonyl (C=O) groups is 1. The number of likely N-dealkylation sites (tertiary alicyclic amines) is 1. The van der Waals surface area contributed by atoms with E-state index in [-0.39, 0.29) is 5.91 Å². The highest BCUT2D eigenvalue weighted by Crippen LogP contribution is 2.21. The molecule has 2 aliphatic heterocycles. The molecule has 0 bridgehead atoms. The summed E-state index contributed by atoms with van der Waals surface area (Å²) in [5, 5.41) is 0. The summed E-state index contributed by atoms with van der Waals surface area (Å²) in [4.78, 5) is 12.9. The van der Waals surface area contributed by atoms with E-state index in [4.69, 9.17) is 9.47 Å². The topological polar surface area (TPSA) is 38.8 Å². The van der Waals surface area contributed by atoms with Crippen LogP contribution in [-0.2, 0) is 14.3 Å². The monoisotopic (exact) mass is 170 g/mol. The second kappa shape index (κ2) is 3.41. The van der Waals surface area contributed by atoms with Crippen molar-refractivity contribution in [2.45, 2.75) is 12.8 Å². The molecule has 0 spiro atoms. The Kier molecular flexibility index (Phi) is 2.28. The molecule has 2 aliphatic rings. The van der Waals surface area contributed by atoms with Crippen LogP contribution in [0.1, 0.15) is 12.8 Å². The summed E-state index contributed by atoms with van der Waals surface area (Å²) < 4.78 is 10.5. The fourth-order valence-corrected chi connectivity index (χ4v) is 1.49. The highest BCUT2D eigenvalue weighted by Gasteiger charge is 2.31. The van der Waals surface area contributed by atoms with Crippen LogP contribution in [0.4, 0.5) is 0 Å². The van der Waals surface area contributed by atoms with Crippen molar-refractivity contribution in [3.63, 3.8) is 0 Å². The summed E-state index contributed by atoms with van der Waals surface area (Å²) in [6.45, 7) is 2.44. The molecule has 2 saturated heterocycles. The molecule has 4 heteroatoms. The molecule has 0 aromatic carbocycles. The number of rotatable bonds is 1. The molecule has 0 atom stereocenters. The van der Waals surface area contributed by atoms with Crippen molar-refractivity contribution in [3.8, 4) is 0 Å². The predicted octanol–water partition coefficient (Wildman–Crippen LogP) is 0.145. The lowest BCUT2D eigenvalue weighted by Crippen LogP contribution is -2.38. The zero-order chi connectivity index (χ0) is 8.39. The first-order chi connectivity index (χ1) is 5.88. The average molecular weight is 170 g/mol. The second-order valence-corrected chi connectivity index (χ2v) is 2.94. The quantitative estimate of drug-likeness (QED) is 0.562. The van der Waals surface area contributed by atoms with E-state index in [0.29, 0.717) is 32.5 Å². The van der Waals surface area contributed by atoms with Crippen molar-refractivity contribution in [2.75, 3.05) is 26.4 Å². The van der Waals surface area contributed by atoms with Crippen LogP contribution in [0.25, 0.3) is 0 Å². The summed E-state index contributed by atoms with van der Waals surface area (Å²) in [5.41, 5.74) is 0. The van der Waals surface area contributed by atoms with Crippen molar-refractivity contribution >= 4 is 5.91 Å². The Labute approximate surface area is 71.4 Å². The Morgan fingerprint density at radius 2 is 2.25 bits per heavy atom. The lowest BCUT2D eigenvalue weighted by Gasteiger charge is -2.28. The van der Waals surface area contributed by atoms with Crippen molar-refractivity contribution < 1.29 is 14.3 Å². The third-order valence-electron chi connectivity index (χ3n) is 2.10. The van der Waals surface area contributed by atoms with Crippen LogP contribution in [0, 0.1) is 6.23 Å². The lowest BCUT2D eigenvalue weighted by atomic mass is 10.4. The van der Waals surface area contributed by atoms with E-state index in [1.165, 1.54) is 0 Å². The Morgan fingerprint density at radius 1 is 1.33 bits per heavy atom. The van der Waals surface area contributed by atoms with Gasteiger partial charge in [-0.25, -0.2) is 0 Å². The van der Waals surface area contributed by atoms with Gasteiger partial charge in [-0.3, -0.25) is 4.79 Å².